The van der Waals surface area contributed by atoms with Gasteiger partial charge >= 0.3 is 0 Å². The number of fused-ring (bicyclic) bond motifs is 8. The molecule has 6 heteroatoms. The Kier molecular flexibility index (Phi) is 5.76. The van der Waals surface area contributed by atoms with Gasteiger partial charge in [0.05, 0.1) is 49.7 Å². The van der Waals surface area contributed by atoms with Crippen molar-refractivity contribution in [3.8, 4) is 50.9 Å². The van der Waals surface area contributed by atoms with E-state index in [2.05, 4.69) is 49.9 Å². The van der Waals surface area contributed by atoms with Crippen LogP contribution >= 0.6 is 0 Å². The summed E-state index contributed by atoms with van der Waals surface area (Å²) in [7, 11) is -1.79. The van der Waals surface area contributed by atoms with E-state index in [0.29, 0.717) is 11.6 Å². The summed E-state index contributed by atoms with van der Waals surface area (Å²) in [5.74, 6) is 1.15. The van der Waals surface area contributed by atoms with Crippen LogP contribution in [0.15, 0.2) is 152 Å². The molecular weight excluding hydrogens is 1000 g/mol. The van der Waals surface area contributed by atoms with Crippen molar-refractivity contribution in [1.82, 2.24) is 14.1 Å². The molecule has 10 aromatic rings. The van der Waals surface area contributed by atoms with E-state index in [-0.39, 0.29) is 27.9 Å². The minimum Gasteiger partial charge on any atom is -0.458 e. The zero-order chi connectivity index (χ0) is 88.4. The first-order chi connectivity index (χ1) is 54.3. The molecule has 3 aromatic heterocycles. The molecule has 4 aliphatic rings. The fourth-order valence-electron chi connectivity index (χ4n) is 12.7. The quantitative estimate of drug-likeness (QED) is 0.0906. The molecule has 0 bridgehead atoms. The number of pyridine rings is 1. The van der Waals surface area contributed by atoms with Gasteiger partial charge in [0.15, 0.2) is 0 Å². The van der Waals surface area contributed by atoms with Crippen molar-refractivity contribution in [3.05, 3.63) is 191 Å². The number of nitrogens with zero attached hydrogens (tertiary/aromatic N) is 4. The third kappa shape index (κ3) is 8.58. The summed E-state index contributed by atoms with van der Waals surface area (Å²) in [4.78, 5) is 4.96. The van der Waals surface area contributed by atoms with Gasteiger partial charge in [-0.3, -0.25) is 13.7 Å². The van der Waals surface area contributed by atoms with E-state index in [1.807, 2.05) is 24.3 Å². The molecule has 2 aliphatic heterocycles. The van der Waals surface area contributed by atoms with E-state index in [9.17, 15) is 19.2 Å². The highest BCUT2D eigenvalue weighted by molar-refractivity contribution is 6.93. The number of hydrogen-bond donors (Lipinski definition) is 0. The second-order valence-electron chi connectivity index (χ2n) is 23.1. The zero-order valence-corrected chi connectivity index (χ0v) is 45.6. The fraction of sp³-hybridized carbons (Fsp3) is 0.360. The van der Waals surface area contributed by atoms with E-state index in [1.165, 1.54) is 70.6 Å². The summed E-state index contributed by atoms with van der Waals surface area (Å²) in [6.45, 7) is -30.0. The third-order valence-corrected chi connectivity index (χ3v) is 22.3. The average Bonchev–Trinajstić information content (AvgIpc) is 1.02. The molecule has 1 fully saturated rings. The lowest BCUT2D eigenvalue weighted by Crippen LogP contribution is -2.49. The molecule has 0 atom stereocenters. The van der Waals surface area contributed by atoms with Crippen molar-refractivity contribution in [3.63, 3.8) is 0 Å². The van der Waals surface area contributed by atoms with Crippen molar-refractivity contribution >= 4 is 46.1 Å². The van der Waals surface area contributed by atoms with Gasteiger partial charge in [-0.05, 0) is 163 Å². The fourth-order valence-corrected chi connectivity index (χ4v) is 18.3. The minimum absolute atomic E-state index is 0.0675. The molecule has 0 saturated carbocycles. The second-order valence-corrected chi connectivity index (χ2v) is 27.7. The summed E-state index contributed by atoms with van der Waals surface area (Å²) in [6, 6.07) is 22.6. The number of imidazole rings is 1. The Morgan fingerprint density at radius 3 is 1.90 bits per heavy atom. The van der Waals surface area contributed by atoms with Crippen molar-refractivity contribution < 1.29 is 61.4 Å². The molecule has 2 aliphatic carbocycles. The molecule has 410 valence electrons. The first-order valence-corrected chi connectivity index (χ1v) is 29.7. The third-order valence-electron chi connectivity index (χ3n) is 16.7. The van der Waals surface area contributed by atoms with Crippen molar-refractivity contribution in [2.24, 2.45) is 0 Å². The highest BCUT2D eigenvalue weighted by atomic mass is 28.3. The van der Waals surface area contributed by atoms with Crippen LogP contribution < -0.4 is 14.5 Å². The largest absolute Gasteiger partial charge is 0.458 e. The van der Waals surface area contributed by atoms with Crippen LogP contribution in [-0.4, -0.2) is 22.2 Å². The maximum Gasteiger partial charge on any atom is 0.269 e. The van der Waals surface area contributed by atoms with Gasteiger partial charge in [-0.1, -0.05) is 209 Å². The Bertz CT molecular complexity index is 5630. The molecule has 0 unspecified atom stereocenters. The van der Waals surface area contributed by atoms with Gasteiger partial charge in [-0.25, -0.2) is 4.98 Å². The number of benzene rings is 7. The van der Waals surface area contributed by atoms with E-state index in [0.717, 1.165) is 63.0 Å². The van der Waals surface area contributed by atoms with Crippen LogP contribution in [0.1, 0.15) is 206 Å². The highest BCUT2D eigenvalue weighted by Gasteiger charge is 2.42. The van der Waals surface area contributed by atoms with Crippen LogP contribution in [0.2, 0.25) is 18.1 Å². The van der Waals surface area contributed by atoms with E-state index in [1.54, 1.807) is 30.5 Å². The Morgan fingerprint density at radius 1 is 0.617 bits per heavy atom. The Balaban J connectivity index is 1.10. The molecule has 0 radical (unpaired) electrons. The van der Waals surface area contributed by atoms with Crippen LogP contribution in [-0.2, 0) is 33.5 Å². The average molecular weight is 1120 g/mol. The second kappa shape index (κ2) is 18.5. The topological polar surface area (TPSA) is 35.9 Å². The normalized spacial score (nSPS) is 29.1. The molecular formula is C75H80N4OSi. The van der Waals surface area contributed by atoms with Gasteiger partial charge in [0, 0.05) is 66.9 Å². The number of ether oxygens (including phenoxy) is 1. The van der Waals surface area contributed by atoms with Crippen LogP contribution in [0.4, 0.5) is 0 Å². The maximum absolute atomic E-state index is 10.4. The molecule has 5 nitrogen and oxygen atoms in total. The van der Waals surface area contributed by atoms with E-state index >= 15 is 0 Å². The summed E-state index contributed by atoms with van der Waals surface area (Å²) in [5, 5.41) is 3.47. The van der Waals surface area contributed by atoms with Gasteiger partial charge in [0.2, 0.25) is 0 Å². The Labute approximate surface area is 535 Å². The first kappa shape index (κ1) is 25.2. The lowest BCUT2D eigenvalue weighted by Gasteiger charge is -2.42. The smallest absolute Gasteiger partial charge is 0.269 e. The van der Waals surface area contributed by atoms with E-state index in [4.69, 9.17) is 42.6 Å². The van der Waals surface area contributed by atoms with Gasteiger partial charge in [0.1, 0.15) is 17.3 Å². The standard InChI is InChI=1S/C75H80N4OSi/c1-71(2,3)52-32-37-76-69(44-52)79-66-43-51-19-18-40-81(38-14-15-39-81)68(51)47-59(66)58-29-28-55(46-67(58)79)80-54-21-16-20-53(45-54)77-48-78(65-25-13-12-24-64(65)77)70-56(49-26-30-60-62(41-49)74(8,9)35-33-72(60,4)5)22-17-23-57(70)50-27-31-61-63(42-50)75(10,11)36-34-73(61,6)7/h12-13,16-17,20-32,37,41-47H,14-15,18-19,33-36,38-40H2,1-11H3/i4D3,5D3,6D3,7D3,8D3,9D3,10D3,11D3,26D,27D,30D,31D,33D2,34D2,35D2,36D2,41D,42D. The molecule has 5 heterocycles. The monoisotopic (exact) mass is 1120 g/mol. The number of para-hydroxylation sites is 3. The van der Waals surface area contributed by atoms with Gasteiger partial charge in [0.25, 0.3) is 6.33 Å². The van der Waals surface area contributed by atoms with Gasteiger partial charge in [-0.15, -0.1) is 0 Å². The lowest BCUT2D eigenvalue weighted by atomic mass is 9.62. The SMILES string of the molecule is [2H]c1c([2H])c2c(c([2H])c1-c1cccc(-c3c([2H])c([2H])c4c(c3[2H])C(C([2H])([2H])[2H])(C([2H])([2H])[2H])C([2H])([2H])C([2H])([2H])C4(C([2H])([2H])[2H])C([2H])([2H])[2H])c1-[n+]1[c-]n(-c3cccc(Oc4ccc5c6cc7c(cc6n(-c6cc(C(C)(C)C)ccn6)c5c4)CCC[Si]74CCCC4)c3)c3ccccc31)C(C([2H])([2H])[2H])(C([2H])([2H])[2H])C([2H])([2H])C([2H])([2H])C2(C([2H])([2H])[2H])C([2H])([2H])[2H]. The van der Waals surface area contributed by atoms with E-state index < -0.39 is 196 Å². The molecule has 0 amide bonds. The van der Waals surface area contributed by atoms with Crippen LogP contribution in [0.25, 0.3) is 72.3 Å². The van der Waals surface area contributed by atoms with Crippen molar-refractivity contribution in [1.29, 1.82) is 0 Å². The van der Waals surface area contributed by atoms with Crippen molar-refractivity contribution in [2.45, 2.75) is 172 Å². The lowest BCUT2D eigenvalue weighted by molar-refractivity contribution is -0.571. The number of aryl methyl sites for hydroxylation is 1. The summed E-state index contributed by atoms with van der Waals surface area (Å²) < 4.78 is 365. The summed E-state index contributed by atoms with van der Waals surface area (Å²) in [5.41, 5.74) is -27.6. The number of aromatic nitrogens is 4. The minimum atomic E-state index is -4.85. The predicted molar refractivity (Wildman–Crippen MR) is 340 cm³/mol. The maximum atomic E-state index is 10.4. The highest BCUT2D eigenvalue weighted by Crippen LogP contribution is 2.50. The Hall–Kier alpha value is -7.02. The molecule has 1 spiro atoms. The molecule has 0 N–H and O–H groups in total. The Morgan fingerprint density at radius 2 is 1.23 bits per heavy atom. The number of hydrogen-bond acceptors (Lipinski definition) is 2. The zero-order valence-electron chi connectivity index (χ0n) is 82.6. The molecule has 1 saturated heterocycles. The molecule has 14 rings (SSSR count). The summed E-state index contributed by atoms with van der Waals surface area (Å²) >= 11 is 0. The number of rotatable bonds is 7. The van der Waals surface area contributed by atoms with Crippen LogP contribution in [0.5, 0.6) is 11.5 Å². The molecule has 7 aromatic carbocycles. The van der Waals surface area contributed by atoms with Crippen LogP contribution in [0, 0.1) is 6.33 Å². The predicted octanol–water partition coefficient (Wildman–Crippen LogP) is 18.7. The van der Waals surface area contributed by atoms with Crippen LogP contribution in [0.3, 0.4) is 0 Å². The first-order valence-electron chi connectivity index (χ1n) is 46.1. The van der Waals surface area contributed by atoms with Gasteiger partial charge < -0.3 is 4.74 Å². The molecule has 81 heavy (non-hydrogen) atoms. The van der Waals surface area contributed by atoms with Crippen molar-refractivity contribution in [2.75, 3.05) is 0 Å². The summed E-state index contributed by atoms with van der Waals surface area (Å²) in [6.07, 6.45) is -9.93. The van der Waals surface area contributed by atoms with Gasteiger partial charge in [-0.2, -0.15) is 0 Å².